The summed E-state index contributed by atoms with van der Waals surface area (Å²) in [7, 11) is -3.41. The summed E-state index contributed by atoms with van der Waals surface area (Å²) < 4.78 is 29.8. The van der Waals surface area contributed by atoms with Crippen LogP contribution in [0.15, 0.2) is 58.5 Å². The highest BCUT2D eigenvalue weighted by Crippen LogP contribution is 2.31. The normalized spacial score (nSPS) is 18.8. The molecule has 0 bridgehead atoms. The molecule has 1 aliphatic rings. The Morgan fingerprint density at radius 3 is 2.85 bits per heavy atom. The molecule has 1 aliphatic heterocycles. The quantitative estimate of drug-likeness (QED) is 0.674. The number of thiophene rings is 1. The lowest BCUT2D eigenvalue weighted by molar-refractivity contribution is 0.306. The van der Waals surface area contributed by atoms with E-state index in [9.17, 15) is 8.42 Å². The molecule has 1 atom stereocenters. The van der Waals surface area contributed by atoms with Crippen molar-refractivity contribution in [2.75, 3.05) is 13.1 Å². The van der Waals surface area contributed by atoms with E-state index in [2.05, 4.69) is 14.5 Å². The van der Waals surface area contributed by atoms with Crippen LogP contribution in [0, 0.1) is 0 Å². The van der Waals surface area contributed by atoms with E-state index in [4.69, 9.17) is 0 Å². The van der Waals surface area contributed by atoms with Crippen molar-refractivity contribution in [2.24, 2.45) is 0 Å². The SMILES string of the molecule is O=S(=O)(c1cccs1)N1CCCC(c2nccn2Cc2ccccn2)C1. The molecule has 0 aliphatic carbocycles. The molecular weight excluding hydrogens is 368 g/mol. The third kappa shape index (κ3) is 3.44. The van der Waals surface area contributed by atoms with Crippen LogP contribution in [0.1, 0.15) is 30.3 Å². The summed E-state index contributed by atoms with van der Waals surface area (Å²) in [6, 6.07) is 9.30. The molecule has 0 aromatic carbocycles. The molecule has 3 aromatic heterocycles. The molecule has 6 nitrogen and oxygen atoms in total. The van der Waals surface area contributed by atoms with Crippen LogP contribution in [0.4, 0.5) is 0 Å². The largest absolute Gasteiger partial charge is 0.329 e. The lowest BCUT2D eigenvalue weighted by Gasteiger charge is -2.31. The minimum Gasteiger partial charge on any atom is -0.329 e. The molecule has 3 aromatic rings. The van der Waals surface area contributed by atoms with Crippen LogP contribution in [0.3, 0.4) is 0 Å². The van der Waals surface area contributed by atoms with Crippen LogP contribution in [-0.2, 0) is 16.6 Å². The highest BCUT2D eigenvalue weighted by molar-refractivity contribution is 7.91. The Balaban J connectivity index is 1.55. The van der Waals surface area contributed by atoms with E-state index >= 15 is 0 Å². The van der Waals surface area contributed by atoms with Crippen molar-refractivity contribution in [3.63, 3.8) is 0 Å². The van der Waals surface area contributed by atoms with E-state index < -0.39 is 10.0 Å². The summed E-state index contributed by atoms with van der Waals surface area (Å²) in [6.45, 7) is 1.68. The van der Waals surface area contributed by atoms with E-state index in [1.165, 1.54) is 11.3 Å². The summed E-state index contributed by atoms with van der Waals surface area (Å²) in [5.41, 5.74) is 0.964. The lowest BCUT2D eigenvalue weighted by Crippen LogP contribution is -2.39. The first-order valence-corrected chi connectivity index (χ1v) is 10.9. The summed E-state index contributed by atoms with van der Waals surface area (Å²) in [4.78, 5) is 8.91. The maximum Gasteiger partial charge on any atom is 0.252 e. The number of rotatable bonds is 5. The van der Waals surface area contributed by atoms with Crippen molar-refractivity contribution in [1.82, 2.24) is 18.8 Å². The summed E-state index contributed by atoms with van der Waals surface area (Å²) >= 11 is 1.27. The molecule has 136 valence electrons. The fraction of sp³-hybridized carbons (Fsp3) is 0.333. The Hall–Kier alpha value is -2.03. The molecule has 1 saturated heterocycles. The van der Waals surface area contributed by atoms with Crippen LogP contribution >= 0.6 is 11.3 Å². The molecule has 26 heavy (non-hydrogen) atoms. The molecular formula is C18H20N4O2S2. The van der Waals surface area contributed by atoms with Crippen molar-refractivity contribution >= 4 is 21.4 Å². The number of piperidine rings is 1. The molecule has 1 unspecified atom stereocenters. The molecule has 4 rings (SSSR count). The van der Waals surface area contributed by atoms with Gasteiger partial charge in [0.2, 0.25) is 0 Å². The lowest BCUT2D eigenvalue weighted by atomic mass is 9.99. The van der Waals surface area contributed by atoms with Crippen LogP contribution in [-0.4, -0.2) is 40.3 Å². The van der Waals surface area contributed by atoms with Gasteiger partial charge < -0.3 is 4.57 Å². The first kappa shape index (κ1) is 17.4. The second-order valence-corrected chi connectivity index (χ2v) is 9.48. The van der Waals surface area contributed by atoms with Gasteiger partial charge in [0.1, 0.15) is 10.0 Å². The van der Waals surface area contributed by atoms with Gasteiger partial charge in [-0.25, -0.2) is 13.4 Å². The summed E-state index contributed by atoms with van der Waals surface area (Å²) in [5.74, 6) is 1.03. The highest BCUT2D eigenvalue weighted by Gasteiger charge is 2.33. The van der Waals surface area contributed by atoms with Gasteiger partial charge in [0.05, 0.1) is 12.2 Å². The third-order valence-corrected chi connectivity index (χ3v) is 7.88. The van der Waals surface area contributed by atoms with Crippen molar-refractivity contribution in [1.29, 1.82) is 0 Å². The molecule has 0 amide bonds. The molecule has 1 fully saturated rings. The molecule has 0 radical (unpaired) electrons. The number of hydrogen-bond acceptors (Lipinski definition) is 5. The van der Waals surface area contributed by atoms with Gasteiger partial charge in [0.25, 0.3) is 10.0 Å². The van der Waals surface area contributed by atoms with Gasteiger partial charge in [-0.1, -0.05) is 12.1 Å². The van der Waals surface area contributed by atoms with Gasteiger partial charge in [0, 0.05) is 37.6 Å². The van der Waals surface area contributed by atoms with Gasteiger partial charge in [-0.3, -0.25) is 4.98 Å². The number of pyridine rings is 1. The second-order valence-electron chi connectivity index (χ2n) is 6.37. The first-order valence-electron chi connectivity index (χ1n) is 8.59. The highest BCUT2D eigenvalue weighted by atomic mass is 32.2. The average molecular weight is 389 g/mol. The van der Waals surface area contributed by atoms with Crippen LogP contribution in [0.25, 0.3) is 0 Å². The van der Waals surface area contributed by atoms with Gasteiger partial charge in [0.15, 0.2) is 0 Å². The maximum atomic E-state index is 12.8. The third-order valence-electron chi connectivity index (χ3n) is 4.64. The van der Waals surface area contributed by atoms with Gasteiger partial charge >= 0.3 is 0 Å². The standard InChI is InChI=1S/C18H20N4O2S2/c23-26(24,17-7-4-12-25-17)22-10-3-5-15(13-22)18-20-9-11-21(18)14-16-6-1-2-8-19-16/h1-2,4,6-9,11-12,15H,3,5,10,13-14H2. The van der Waals surface area contributed by atoms with Crippen LogP contribution in [0.5, 0.6) is 0 Å². The summed E-state index contributed by atoms with van der Waals surface area (Å²) in [5, 5.41) is 1.80. The zero-order chi connectivity index (χ0) is 18.0. The predicted molar refractivity (Wildman–Crippen MR) is 101 cm³/mol. The van der Waals surface area contributed by atoms with Crippen LogP contribution < -0.4 is 0 Å². The van der Waals surface area contributed by atoms with Gasteiger partial charge in [-0.15, -0.1) is 11.3 Å². The monoisotopic (exact) mass is 388 g/mol. The molecule has 0 N–H and O–H groups in total. The second kappa shape index (κ2) is 7.30. The molecule has 0 saturated carbocycles. The van der Waals surface area contributed by atoms with Crippen LogP contribution in [0.2, 0.25) is 0 Å². The number of nitrogens with zero attached hydrogens (tertiary/aromatic N) is 4. The predicted octanol–water partition coefficient (Wildman–Crippen LogP) is 2.96. The smallest absolute Gasteiger partial charge is 0.252 e. The molecule has 8 heteroatoms. The number of hydrogen-bond donors (Lipinski definition) is 0. The minimum atomic E-state index is -3.41. The Morgan fingerprint density at radius 1 is 1.15 bits per heavy atom. The Morgan fingerprint density at radius 2 is 2.08 bits per heavy atom. The fourth-order valence-electron chi connectivity index (χ4n) is 3.39. The van der Waals surface area contributed by atoms with Crippen molar-refractivity contribution in [2.45, 2.75) is 29.5 Å². The number of imidazole rings is 1. The number of aromatic nitrogens is 3. The topological polar surface area (TPSA) is 68.1 Å². The van der Waals surface area contributed by atoms with Gasteiger partial charge in [-0.2, -0.15) is 4.31 Å². The fourth-order valence-corrected chi connectivity index (χ4v) is 6.06. The van der Waals surface area contributed by atoms with Gasteiger partial charge in [-0.05, 0) is 36.4 Å². The Kier molecular flexibility index (Phi) is 4.88. The molecule has 0 spiro atoms. The zero-order valence-electron chi connectivity index (χ0n) is 14.2. The van der Waals surface area contributed by atoms with Crippen molar-refractivity contribution < 1.29 is 8.42 Å². The Labute approximate surface area is 157 Å². The average Bonchev–Trinajstić information content (AvgIpc) is 3.35. The van der Waals surface area contributed by atoms with E-state index in [-0.39, 0.29) is 5.92 Å². The maximum absolute atomic E-state index is 12.8. The minimum absolute atomic E-state index is 0.0946. The zero-order valence-corrected chi connectivity index (χ0v) is 15.9. The van der Waals surface area contributed by atoms with Crippen molar-refractivity contribution in [3.05, 3.63) is 65.8 Å². The van der Waals surface area contributed by atoms with E-state index in [0.717, 1.165) is 24.4 Å². The number of sulfonamides is 1. The van der Waals surface area contributed by atoms with E-state index in [0.29, 0.717) is 23.8 Å². The first-order chi connectivity index (χ1) is 12.6. The Bertz CT molecular complexity index is 952. The van der Waals surface area contributed by atoms with E-state index in [1.54, 1.807) is 34.2 Å². The van der Waals surface area contributed by atoms with E-state index in [1.807, 2.05) is 24.4 Å². The summed E-state index contributed by atoms with van der Waals surface area (Å²) in [6.07, 6.45) is 7.28. The molecule has 4 heterocycles. The van der Waals surface area contributed by atoms with Crippen molar-refractivity contribution in [3.8, 4) is 0 Å².